The molecule has 2 rings (SSSR count). The number of rotatable bonds is 2. The predicted molar refractivity (Wildman–Crippen MR) is 69.6 cm³/mol. The molecule has 0 amide bonds. The van der Waals surface area contributed by atoms with E-state index < -0.39 is 0 Å². The van der Waals surface area contributed by atoms with E-state index in [2.05, 4.69) is 4.98 Å². The lowest BCUT2D eigenvalue weighted by atomic mass is 10.2. The van der Waals surface area contributed by atoms with Crippen molar-refractivity contribution < 1.29 is 4.74 Å². The molecule has 0 atom stereocenters. The van der Waals surface area contributed by atoms with Gasteiger partial charge in [-0.2, -0.15) is 5.26 Å². The number of hydrogen-bond donors (Lipinski definition) is 1. The minimum absolute atomic E-state index is 0.262. The minimum Gasteiger partial charge on any atom is -0.438 e. The molecule has 2 N–H and O–H groups in total. The number of nitrogens with two attached hydrogens (primary N) is 1. The van der Waals surface area contributed by atoms with Gasteiger partial charge in [0.2, 0.25) is 5.88 Å². The second-order valence-corrected chi connectivity index (χ2v) is 4.11. The summed E-state index contributed by atoms with van der Waals surface area (Å²) in [5, 5.41) is 9.37. The lowest BCUT2D eigenvalue weighted by molar-refractivity contribution is 0.460. The Hall–Kier alpha value is -2.25. The maximum Gasteiger partial charge on any atom is 0.237 e. The van der Waals surface area contributed by atoms with Gasteiger partial charge in [-0.25, -0.2) is 4.98 Å². The van der Waals surface area contributed by atoms with E-state index in [4.69, 9.17) is 27.3 Å². The fraction of sp³-hybridized carbons (Fsp3) is 0.0769. The molecule has 1 aromatic carbocycles. The number of hydrogen-bond acceptors (Lipinski definition) is 4. The van der Waals surface area contributed by atoms with Crippen LogP contribution in [0.25, 0.3) is 0 Å². The fourth-order valence-electron chi connectivity index (χ4n) is 1.38. The summed E-state index contributed by atoms with van der Waals surface area (Å²) in [5.41, 5.74) is 7.22. The van der Waals surface area contributed by atoms with Crippen LogP contribution in [0.2, 0.25) is 5.02 Å². The highest BCUT2D eigenvalue weighted by Crippen LogP contribution is 2.28. The normalized spacial score (nSPS) is 9.83. The maximum absolute atomic E-state index is 8.97. The molecule has 0 bridgehead atoms. The summed E-state index contributed by atoms with van der Waals surface area (Å²) in [5.74, 6) is 0.752. The number of nitrogens with zero attached hydrogens (tertiary/aromatic N) is 2. The first-order valence-corrected chi connectivity index (χ1v) is 5.58. The number of pyridine rings is 1. The number of ether oxygens (including phenoxy) is 1. The van der Waals surface area contributed by atoms with Gasteiger partial charge < -0.3 is 10.5 Å². The van der Waals surface area contributed by atoms with Gasteiger partial charge >= 0.3 is 0 Å². The molecule has 5 heteroatoms. The standard InChI is InChI=1S/C13H10ClN3O/c1-8-2-3-9(7-15)13(17-8)18-10-4-5-12(16)11(14)6-10/h2-6H,16H2,1H3. The van der Waals surface area contributed by atoms with Gasteiger partial charge in [0, 0.05) is 11.8 Å². The Balaban J connectivity index is 2.36. The van der Waals surface area contributed by atoms with Crippen LogP contribution < -0.4 is 10.5 Å². The van der Waals surface area contributed by atoms with Crippen LogP contribution in [-0.4, -0.2) is 4.98 Å². The molecular formula is C13H10ClN3O. The zero-order chi connectivity index (χ0) is 13.1. The molecule has 18 heavy (non-hydrogen) atoms. The SMILES string of the molecule is Cc1ccc(C#N)c(Oc2ccc(N)c(Cl)c2)n1. The van der Waals surface area contributed by atoms with Crippen molar-refractivity contribution in [3.8, 4) is 17.7 Å². The van der Waals surface area contributed by atoms with Crippen molar-refractivity contribution in [2.75, 3.05) is 5.73 Å². The zero-order valence-corrected chi connectivity index (χ0v) is 10.4. The van der Waals surface area contributed by atoms with E-state index in [1.54, 1.807) is 30.3 Å². The van der Waals surface area contributed by atoms with Gasteiger partial charge in [0.25, 0.3) is 0 Å². The van der Waals surface area contributed by atoms with Crippen molar-refractivity contribution in [3.63, 3.8) is 0 Å². The Labute approximate surface area is 110 Å². The number of aryl methyl sites for hydroxylation is 1. The summed E-state index contributed by atoms with van der Waals surface area (Å²) in [6.45, 7) is 1.82. The molecule has 0 radical (unpaired) electrons. The molecule has 0 saturated heterocycles. The van der Waals surface area contributed by atoms with E-state index in [1.807, 2.05) is 13.0 Å². The molecule has 1 aromatic heterocycles. The van der Waals surface area contributed by atoms with Gasteiger partial charge in [0.1, 0.15) is 17.4 Å². The molecule has 0 unspecified atom stereocenters. The molecule has 4 nitrogen and oxygen atoms in total. The number of benzene rings is 1. The predicted octanol–water partition coefficient (Wildman–Crippen LogP) is 3.29. The molecule has 0 fully saturated rings. The summed E-state index contributed by atoms with van der Waals surface area (Å²) >= 11 is 5.89. The minimum atomic E-state index is 0.262. The average molecular weight is 260 g/mol. The third kappa shape index (κ3) is 2.53. The maximum atomic E-state index is 8.97. The van der Waals surface area contributed by atoms with Crippen molar-refractivity contribution in [3.05, 3.63) is 46.6 Å². The molecule has 0 saturated carbocycles. The third-order valence-electron chi connectivity index (χ3n) is 2.31. The second kappa shape index (κ2) is 4.94. The Morgan fingerprint density at radius 3 is 2.78 bits per heavy atom. The molecular weight excluding hydrogens is 250 g/mol. The van der Waals surface area contributed by atoms with Crippen LogP contribution in [0.4, 0.5) is 5.69 Å². The molecule has 0 aliphatic heterocycles. The van der Waals surface area contributed by atoms with Crippen LogP contribution in [-0.2, 0) is 0 Å². The van der Waals surface area contributed by atoms with Crippen LogP contribution >= 0.6 is 11.6 Å². The van der Waals surface area contributed by atoms with Gasteiger partial charge in [-0.15, -0.1) is 0 Å². The summed E-state index contributed by atoms with van der Waals surface area (Å²) in [4.78, 5) is 4.17. The summed E-state index contributed by atoms with van der Waals surface area (Å²) in [6, 6.07) is 10.3. The van der Waals surface area contributed by atoms with E-state index >= 15 is 0 Å². The summed E-state index contributed by atoms with van der Waals surface area (Å²) in [7, 11) is 0. The molecule has 0 aliphatic rings. The van der Waals surface area contributed by atoms with Crippen molar-refractivity contribution in [2.45, 2.75) is 6.92 Å². The summed E-state index contributed by atoms with van der Waals surface area (Å²) in [6.07, 6.45) is 0. The smallest absolute Gasteiger partial charge is 0.237 e. The van der Waals surface area contributed by atoms with Crippen molar-refractivity contribution in [1.82, 2.24) is 4.98 Å². The van der Waals surface area contributed by atoms with Gasteiger partial charge in [-0.3, -0.25) is 0 Å². The van der Waals surface area contributed by atoms with E-state index in [0.29, 0.717) is 22.0 Å². The lowest BCUT2D eigenvalue weighted by Gasteiger charge is -2.08. The number of nitrogen functional groups attached to an aromatic ring is 1. The average Bonchev–Trinajstić information content (AvgIpc) is 2.34. The topological polar surface area (TPSA) is 71.9 Å². The fourth-order valence-corrected chi connectivity index (χ4v) is 1.55. The number of aromatic nitrogens is 1. The van der Waals surface area contributed by atoms with Crippen molar-refractivity contribution in [1.29, 1.82) is 5.26 Å². The Bertz CT molecular complexity index is 635. The van der Waals surface area contributed by atoms with Crippen LogP contribution in [0.5, 0.6) is 11.6 Å². The number of anilines is 1. The largest absolute Gasteiger partial charge is 0.438 e. The van der Waals surface area contributed by atoms with Crippen LogP contribution in [0.3, 0.4) is 0 Å². The van der Waals surface area contributed by atoms with E-state index in [9.17, 15) is 0 Å². The van der Waals surface area contributed by atoms with Crippen LogP contribution in [0.15, 0.2) is 30.3 Å². The Morgan fingerprint density at radius 2 is 2.11 bits per heavy atom. The lowest BCUT2D eigenvalue weighted by Crippen LogP contribution is -1.94. The highest BCUT2D eigenvalue weighted by Gasteiger charge is 2.08. The first-order chi connectivity index (χ1) is 8.60. The van der Waals surface area contributed by atoms with Gasteiger partial charge in [-0.1, -0.05) is 11.6 Å². The quantitative estimate of drug-likeness (QED) is 0.840. The Morgan fingerprint density at radius 1 is 1.33 bits per heavy atom. The van der Waals surface area contributed by atoms with Crippen LogP contribution in [0, 0.1) is 18.3 Å². The third-order valence-corrected chi connectivity index (χ3v) is 2.63. The molecule has 0 aliphatic carbocycles. The first kappa shape index (κ1) is 12.2. The van der Waals surface area contributed by atoms with Gasteiger partial charge in [-0.05, 0) is 31.2 Å². The summed E-state index contributed by atoms with van der Waals surface area (Å²) < 4.78 is 5.54. The van der Waals surface area contributed by atoms with E-state index in [1.165, 1.54) is 0 Å². The molecule has 1 heterocycles. The van der Waals surface area contributed by atoms with Crippen molar-refractivity contribution >= 4 is 17.3 Å². The molecule has 90 valence electrons. The first-order valence-electron chi connectivity index (χ1n) is 5.21. The van der Waals surface area contributed by atoms with E-state index in [-0.39, 0.29) is 5.88 Å². The Kier molecular flexibility index (Phi) is 3.35. The number of nitriles is 1. The monoisotopic (exact) mass is 259 g/mol. The van der Waals surface area contributed by atoms with Gasteiger partial charge in [0.05, 0.1) is 10.7 Å². The van der Waals surface area contributed by atoms with Gasteiger partial charge in [0.15, 0.2) is 0 Å². The number of halogens is 1. The van der Waals surface area contributed by atoms with Crippen LogP contribution in [0.1, 0.15) is 11.3 Å². The highest BCUT2D eigenvalue weighted by atomic mass is 35.5. The molecule has 2 aromatic rings. The van der Waals surface area contributed by atoms with E-state index in [0.717, 1.165) is 5.69 Å². The second-order valence-electron chi connectivity index (χ2n) is 3.70. The van der Waals surface area contributed by atoms with Crippen molar-refractivity contribution in [2.24, 2.45) is 0 Å². The zero-order valence-electron chi connectivity index (χ0n) is 9.64. The highest BCUT2D eigenvalue weighted by molar-refractivity contribution is 6.33. The molecule has 0 spiro atoms.